The number of hydrogen-bond acceptors (Lipinski definition) is 2. The van der Waals surface area contributed by atoms with Crippen molar-refractivity contribution in [3.8, 4) is 16.8 Å². The summed E-state index contributed by atoms with van der Waals surface area (Å²) in [5.74, 6) is 0. The van der Waals surface area contributed by atoms with Crippen molar-refractivity contribution < 1.29 is 0 Å². The number of benzene rings is 7. The number of anilines is 2. The molecule has 1 aliphatic carbocycles. The molecule has 9 aromatic rings. The number of thiophene rings is 1. The summed E-state index contributed by atoms with van der Waals surface area (Å²) in [6.07, 6.45) is 2.41. The lowest BCUT2D eigenvalue weighted by atomic mass is 9.59. The van der Waals surface area contributed by atoms with E-state index in [-0.39, 0.29) is 10.8 Å². The zero-order valence-electron chi connectivity index (χ0n) is 31.9. The second-order valence-corrected chi connectivity index (χ2v) is 18.5. The first-order valence-corrected chi connectivity index (χ1v) is 20.3. The summed E-state index contributed by atoms with van der Waals surface area (Å²) in [7, 11) is 0.889. The molecule has 4 heteroatoms. The SMILES string of the molecule is Cc1cc(-c2c(Nc3cc4c(cc3C)C(C)(C)CCC4(C)C)ccc3c2sc2ccccc23)c2c(c1)-n1c3cc4ccccc4cc3c3cccc(c31)B2. The van der Waals surface area contributed by atoms with Gasteiger partial charge in [0.1, 0.15) is 0 Å². The monoisotopic (exact) mass is 714 g/mol. The van der Waals surface area contributed by atoms with Gasteiger partial charge in [0.2, 0.25) is 0 Å². The van der Waals surface area contributed by atoms with E-state index in [1.165, 1.54) is 127 Å². The fourth-order valence-corrected chi connectivity index (χ4v) is 11.2. The number of rotatable bonds is 3. The van der Waals surface area contributed by atoms with E-state index in [0.29, 0.717) is 0 Å². The Morgan fingerprint density at radius 1 is 0.648 bits per heavy atom. The van der Waals surface area contributed by atoms with Gasteiger partial charge in [0, 0.05) is 59.1 Å². The predicted octanol–water partition coefficient (Wildman–Crippen LogP) is 12.4. The summed E-state index contributed by atoms with van der Waals surface area (Å²) < 4.78 is 5.26. The quantitative estimate of drug-likeness (QED) is 0.180. The minimum atomic E-state index is 0.131. The van der Waals surface area contributed by atoms with Gasteiger partial charge in [0.15, 0.2) is 7.28 Å². The molecule has 2 aliphatic rings. The highest BCUT2D eigenvalue weighted by Crippen LogP contribution is 2.49. The largest absolute Gasteiger partial charge is 0.355 e. The molecule has 7 aromatic carbocycles. The third-order valence-electron chi connectivity index (χ3n) is 13.0. The molecule has 0 amide bonds. The first kappa shape index (κ1) is 32.1. The number of aromatic nitrogens is 1. The minimum Gasteiger partial charge on any atom is -0.355 e. The maximum absolute atomic E-state index is 4.10. The lowest BCUT2D eigenvalue weighted by Gasteiger charge is -2.42. The Labute approximate surface area is 321 Å². The van der Waals surface area contributed by atoms with Crippen LogP contribution in [-0.4, -0.2) is 11.8 Å². The van der Waals surface area contributed by atoms with Crippen molar-refractivity contribution in [2.45, 2.75) is 65.2 Å². The van der Waals surface area contributed by atoms with Crippen molar-refractivity contribution in [2.75, 3.05) is 5.32 Å². The molecular formula is C50H43BN2S. The van der Waals surface area contributed by atoms with Gasteiger partial charge >= 0.3 is 0 Å². The highest BCUT2D eigenvalue weighted by molar-refractivity contribution is 7.26. The van der Waals surface area contributed by atoms with Crippen LogP contribution in [-0.2, 0) is 10.8 Å². The molecule has 1 aliphatic heterocycles. The molecule has 0 radical (unpaired) electrons. The molecule has 54 heavy (non-hydrogen) atoms. The normalized spacial score (nSPS) is 15.5. The average Bonchev–Trinajstić information content (AvgIpc) is 3.70. The van der Waals surface area contributed by atoms with Crippen LogP contribution < -0.4 is 16.2 Å². The molecule has 0 fully saturated rings. The van der Waals surface area contributed by atoms with Crippen LogP contribution in [0.5, 0.6) is 0 Å². The third kappa shape index (κ3) is 4.53. The van der Waals surface area contributed by atoms with E-state index in [1.54, 1.807) is 0 Å². The Bertz CT molecular complexity index is 3080. The zero-order chi connectivity index (χ0) is 36.7. The molecule has 11 rings (SSSR count). The van der Waals surface area contributed by atoms with Crippen molar-refractivity contribution in [1.29, 1.82) is 0 Å². The molecule has 0 atom stereocenters. The highest BCUT2D eigenvalue weighted by atomic mass is 32.1. The fraction of sp³-hybridized carbons (Fsp3) is 0.200. The molecule has 262 valence electrons. The maximum atomic E-state index is 4.10. The Hall–Kier alpha value is -5.32. The minimum absolute atomic E-state index is 0.131. The van der Waals surface area contributed by atoms with Crippen LogP contribution in [0, 0.1) is 13.8 Å². The van der Waals surface area contributed by atoms with Gasteiger partial charge in [-0.25, -0.2) is 0 Å². The first-order chi connectivity index (χ1) is 26.1. The van der Waals surface area contributed by atoms with Crippen LogP contribution in [0.25, 0.3) is 69.6 Å². The topological polar surface area (TPSA) is 17.0 Å². The predicted molar refractivity (Wildman–Crippen MR) is 238 cm³/mol. The van der Waals surface area contributed by atoms with Gasteiger partial charge in [-0.05, 0) is 118 Å². The van der Waals surface area contributed by atoms with E-state index in [4.69, 9.17) is 0 Å². The summed E-state index contributed by atoms with van der Waals surface area (Å²) in [6, 6.07) is 44.0. The summed E-state index contributed by atoms with van der Waals surface area (Å²) >= 11 is 1.93. The van der Waals surface area contributed by atoms with Crippen LogP contribution >= 0.6 is 11.3 Å². The summed E-state index contributed by atoms with van der Waals surface area (Å²) in [4.78, 5) is 0. The van der Waals surface area contributed by atoms with Crippen LogP contribution in [0.15, 0.2) is 115 Å². The van der Waals surface area contributed by atoms with Gasteiger partial charge in [-0.2, -0.15) is 0 Å². The van der Waals surface area contributed by atoms with E-state index in [2.05, 4.69) is 167 Å². The van der Waals surface area contributed by atoms with Crippen LogP contribution in [0.1, 0.15) is 62.8 Å². The molecule has 0 spiro atoms. The first-order valence-electron chi connectivity index (χ1n) is 19.5. The fourth-order valence-electron chi connectivity index (χ4n) is 9.97. The van der Waals surface area contributed by atoms with Gasteiger partial charge in [-0.3, -0.25) is 0 Å². The maximum Gasteiger partial charge on any atom is 0.198 e. The van der Waals surface area contributed by atoms with E-state index < -0.39 is 0 Å². The molecule has 0 saturated heterocycles. The van der Waals surface area contributed by atoms with Crippen molar-refractivity contribution in [3.05, 3.63) is 138 Å². The van der Waals surface area contributed by atoms with Crippen LogP contribution in [0.4, 0.5) is 11.4 Å². The average molecular weight is 715 g/mol. The zero-order valence-corrected chi connectivity index (χ0v) is 32.8. The highest BCUT2D eigenvalue weighted by Gasteiger charge is 2.37. The molecule has 1 N–H and O–H groups in total. The number of fused-ring (bicyclic) bond motifs is 10. The molecule has 0 saturated carbocycles. The van der Waals surface area contributed by atoms with Crippen molar-refractivity contribution in [2.24, 2.45) is 0 Å². The third-order valence-corrected chi connectivity index (χ3v) is 14.2. The Kier molecular flexibility index (Phi) is 6.62. The van der Waals surface area contributed by atoms with Gasteiger partial charge in [-0.15, -0.1) is 11.3 Å². The lowest BCUT2D eigenvalue weighted by molar-refractivity contribution is 0.332. The van der Waals surface area contributed by atoms with Crippen molar-refractivity contribution in [3.63, 3.8) is 0 Å². The standard InChI is InChI=1S/C50H43BN2S/c1-28-22-36(46-43(23-28)53-42-26-31-13-8-7-12-30(31)25-35(42)33-15-11-16-39(51-46)47(33)53)45-40(19-18-34-32-14-9-10-17-44(32)54-48(34)45)52-41-27-38-37(24-29(41)2)49(3,4)20-21-50(38,5)6/h7-19,22-27,51-52H,20-21H2,1-6H3. The number of aryl methyl sites for hydroxylation is 2. The van der Waals surface area contributed by atoms with Gasteiger partial charge in [0.25, 0.3) is 0 Å². The number of hydrogen-bond donors (Lipinski definition) is 1. The van der Waals surface area contributed by atoms with E-state index in [9.17, 15) is 0 Å². The molecule has 0 unspecified atom stereocenters. The molecule has 0 bridgehead atoms. The number of nitrogens with one attached hydrogen (secondary N) is 1. The second kappa shape index (κ2) is 11.1. The Morgan fingerprint density at radius 3 is 2.19 bits per heavy atom. The summed E-state index contributed by atoms with van der Waals surface area (Å²) in [5, 5.41) is 12.0. The van der Waals surface area contributed by atoms with Crippen LogP contribution in [0.2, 0.25) is 0 Å². The second-order valence-electron chi connectivity index (χ2n) is 17.4. The van der Waals surface area contributed by atoms with Crippen molar-refractivity contribution >= 4 is 93.7 Å². The smallest absolute Gasteiger partial charge is 0.198 e. The van der Waals surface area contributed by atoms with Crippen LogP contribution in [0.3, 0.4) is 0 Å². The Morgan fingerprint density at radius 2 is 1.37 bits per heavy atom. The molecule has 2 nitrogen and oxygen atoms in total. The number of para-hydroxylation sites is 1. The van der Waals surface area contributed by atoms with Gasteiger partial charge < -0.3 is 9.88 Å². The summed E-state index contributed by atoms with van der Waals surface area (Å²) in [6.45, 7) is 14.3. The number of nitrogens with zero attached hydrogens (tertiary/aromatic N) is 1. The van der Waals surface area contributed by atoms with E-state index in [0.717, 1.165) is 7.28 Å². The van der Waals surface area contributed by atoms with E-state index >= 15 is 0 Å². The van der Waals surface area contributed by atoms with Gasteiger partial charge in [-0.1, -0.05) is 112 Å². The Balaban J connectivity index is 1.19. The molecular weight excluding hydrogens is 671 g/mol. The molecule has 2 aromatic heterocycles. The van der Waals surface area contributed by atoms with Gasteiger partial charge in [0.05, 0.1) is 5.52 Å². The van der Waals surface area contributed by atoms with E-state index in [1.807, 2.05) is 11.3 Å². The summed E-state index contributed by atoms with van der Waals surface area (Å²) in [5.41, 5.74) is 17.6. The van der Waals surface area contributed by atoms with Crippen molar-refractivity contribution in [1.82, 2.24) is 4.57 Å². The lowest BCUT2D eigenvalue weighted by Crippen LogP contribution is -2.37. The molecule has 3 heterocycles.